The van der Waals surface area contributed by atoms with Crippen molar-refractivity contribution in [1.29, 1.82) is 0 Å². The highest BCUT2D eigenvalue weighted by Gasteiger charge is 2.20. The van der Waals surface area contributed by atoms with Crippen LogP contribution in [0.5, 0.6) is 0 Å². The minimum atomic E-state index is -0.896. The molecular formula is C11H15N3OS. The van der Waals surface area contributed by atoms with Crippen LogP contribution in [-0.4, -0.2) is 26.8 Å². The van der Waals surface area contributed by atoms with E-state index in [9.17, 15) is 5.11 Å². The molecule has 0 saturated carbocycles. The Bertz CT molecular complexity index is 448. The van der Waals surface area contributed by atoms with Crippen LogP contribution in [0.1, 0.15) is 6.92 Å². The largest absolute Gasteiger partial charge is 0.387 e. The Morgan fingerprint density at radius 1 is 1.62 bits per heavy atom. The zero-order chi connectivity index (χ0) is 11.6. The van der Waals surface area contributed by atoms with Gasteiger partial charge in [-0.15, -0.1) is 11.3 Å². The molecule has 0 spiro atoms. The molecule has 86 valence electrons. The van der Waals surface area contributed by atoms with Gasteiger partial charge in [-0.2, -0.15) is 0 Å². The van der Waals surface area contributed by atoms with E-state index >= 15 is 0 Å². The number of thiophene rings is 1. The van der Waals surface area contributed by atoms with E-state index in [0.717, 1.165) is 10.7 Å². The summed E-state index contributed by atoms with van der Waals surface area (Å²) >= 11 is 1.63. The highest BCUT2D eigenvalue weighted by atomic mass is 32.1. The maximum Gasteiger partial charge on any atom is 0.150 e. The molecule has 2 aromatic rings. The summed E-state index contributed by atoms with van der Waals surface area (Å²) in [5.41, 5.74) is 4.61. The first kappa shape index (κ1) is 11.3. The first-order valence-electron chi connectivity index (χ1n) is 5.10. The number of hydrogen-bond donors (Lipinski definition) is 2. The second kappa shape index (κ2) is 4.37. The first-order valence-corrected chi connectivity index (χ1v) is 5.98. The summed E-state index contributed by atoms with van der Waals surface area (Å²) in [4.78, 5) is 5.39. The summed E-state index contributed by atoms with van der Waals surface area (Å²) in [6.45, 7) is 2.41. The van der Waals surface area contributed by atoms with Crippen molar-refractivity contribution in [2.24, 2.45) is 5.73 Å². The van der Waals surface area contributed by atoms with Gasteiger partial charge in [-0.3, -0.25) is 0 Å². The molecule has 1 atom stereocenters. The average Bonchev–Trinajstić information content (AvgIpc) is 2.86. The molecule has 2 heterocycles. The third kappa shape index (κ3) is 2.32. The SMILES string of the molecule is CC(O)(CN)Cn1ccnc1-c1cccs1. The number of hydrogen-bond acceptors (Lipinski definition) is 4. The minimum Gasteiger partial charge on any atom is -0.387 e. The minimum absolute atomic E-state index is 0.231. The van der Waals surface area contributed by atoms with Gasteiger partial charge in [0.2, 0.25) is 0 Å². The Hall–Kier alpha value is -1.17. The maximum atomic E-state index is 9.95. The lowest BCUT2D eigenvalue weighted by Gasteiger charge is -2.22. The molecule has 0 aliphatic rings. The van der Waals surface area contributed by atoms with Gasteiger partial charge >= 0.3 is 0 Å². The molecule has 0 bridgehead atoms. The Morgan fingerprint density at radius 3 is 3.06 bits per heavy atom. The predicted octanol–water partition coefficient (Wildman–Crippen LogP) is 1.32. The average molecular weight is 237 g/mol. The highest BCUT2D eigenvalue weighted by molar-refractivity contribution is 7.13. The van der Waals surface area contributed by atoms with Gasteiger partial charge in [0.25, 0.3) is 0 Å². The molecule has 0 saturated heterocycles. The van der Waals surface area contributed by atoms with Gasteiger partial charge in [0.1, 0.15) is 5.82 Å². The molecule has 0 radical (unpaired) electrons. The van der Waals surface area contributed by atoms with Crippen LogP contribution in [0.15, 0.2) is 29.9 Å². The molecule has 0 aliphatic carbocycles. The lowest BCUT2D eigenvalue weighted by Crippen LogP contribution is -2.38. The van der Waals surface area contributed by atoms with Gasteiger partial charge in [-0.1, -0.05) is 6.07 Å². The van der Waals surface area contributed by atoms with E-state index in [0.29, 0.717) is 6.54 Å². The Labute approximate surface area is 98.4 Å². The lowest BCUT2D eigenvalue weighted by molar-refractivity contribution is 0.0512. The van der Waals surface area contributed by atoms with Crippen molar-refractivity contribution in [3.8, 4) is 10.7 Å². The highest BCUT2D eigenvalue weighted by Crippen LogP contribution is 2.23. The molecular weight excluding hydrogens is 222 g/mol. The van der Waals surface area contributed by atoms with Crippen molar-refractivity contribution in [3.63, 3.8) is 0 Å². The van der Waals surface area contributed by atoms with Crippen molar-refractivity contribution >= 4 is 11.3 Å². The van der Waals surface area contributed by atoms with Gasteiger partial charge in [0.05, 0.1) is 17.0 Å². The number of aliphatic hydroxyl groups is 1. The third-order valence-corrected chi connectivity index (χ3v) is 3.27. The Balaban J connectivity index is 2.27. The molecule has 16 heavy (non-hydrogen) atoms. The van der Waals surface area contributed by atoms with Crippen LogP contribution >= 0.6 is 11.3 Å². The zero-order valence-electron chi connectivity index (χ0n) is 9.13. The molecule has 3 N–H and O–H groups in total. The molecule has 4 nitrogen and oxygen atoms in total. The molecule has 0 fully saturated rings. The van der Waals surface area contributed by atoms with E-state index < -0.39 is 5.60 Å². The molecule has 1 unspecified atom stereocenters. The van der Waals surface area contributed by atoms with Gasteiger partial charge in [0.15, 0.2) is 0 Å². The second-order valence-corrected chi connectivity index (χ2v) is 5.00. The van der Waals surface area contributed by atoms with Crippen molar-refractivity contribution in [3.05, 3.63) is 29.9 Å². The Kier molecular flexibility index (Phi) is 3.09. The molecule has 5 heteroatoms. The van der Waals surface area contributed by atoms with Crippen molar-refractivity contribution in [1.82, 2.24) is 9.55 Å². The summed E-state index contributed by atoms with van der Waals surface area (Å²) in [6.07, 6.45) is 3.60. The fourth-order valence-electron chi connectivity index (χ4n) is 1.50. The standard InChI is InChI=1S/C11H15N3OS/c1-11(15,7-12)8-14-5-4-13-10(14)9-3-2-6-16-9/h2-6,15H,7-8,12H2,1H3. The van der Waals surface area contributed by atoms with Gasteiger partial charge in [-0.25, -0.2) is 4.98 Å². The first-order chi connectivity index (χ1) is 7.62. The summed E-state index contributed by atoms with van der Waals surface area (Å²) in [5, 5.41) is 12.0. The van der Waals surface area contributed by atoms with Gasteiger partial charge in [-0.05, 0) is 18.4 Å². The van der Waals surface area contributed by atoms with Crippen molar-refractivity contribution in [2.45, 2.75) is 19.1 Å². The molecule has 0 amide bonds. The second-order valence-electron chi connectivity index (χ2n) is 4.06. The van der Waals surface area contributed by atoms with E-state index in [1.54, 1.807) is 24.5 Å². The summed E-state index contributed by atoms with van der Waals surface area (Å²) in [6, 6.07) is 4.00. The number of nitrogens with two attached hydrogens (primary N) is 1. The Morgan fingerprint density at radius 2 is 2.44 bits per heavy atom. The predicted molar refractivity (Wildman–Crippen MR) is 65.2 cm³/mol. The normalized spacial score (nSPS) is 14.9. The van der Waals surface area contributed by atoms with Crippen LogP contribution < -0.4 is 5.73 Å². The zero-order valence-corrected chi connectivity index (χ0v) is 9.94. The van der Waals surface area contributed by atoms with Crippen molar-refractivity contribution in [2.75, 3.05) is 6.54 Å². The van der Waals surface area contributed by atoms with Crippen molar-refractivity contribution < 1.29 is 5.11 Å². The van der Waals surface area contributed by atoms with E-state index in [4.69, 9.17) is 5.73 Å². The van der Waals surface area contributed by atoms with E-state index in [-0.39, 0.29) is 6.54 Å². The lowest BCUT2D eigenvalue weighted by atomic mass is 10.1. The molecule has 0 aromatic carbocycles. The fraction of sp³-hybridized carbons (Fsp3) is 0.364. The van der Waals surface area contributed by atoms with Gasteiger partial charge in [0, 0.05) is 18.9 Å². The van der Waals surface area contributed by atoms with Crippen LogP contribution in [0.3, 0.4) is 0 Å². The van der Waals surface area contributed by atoms with E-state index in [1.807, 2.05) is 28.3 Å². The van der Waals surface area contributed by atoms with Crippen LogP contribution in [0.4, 0.5) is 0 Å². The summed E-state index contributed by atoms with van der Waals surface area (Å²) in [7, 11) is 0. The topological polar surface area (TPSA) is 64.1 Å². The quantitative estimate of drug-likeness (QED) is 0.843. The molecule has 2 rings (SSSR count). The number of aromatic nitrogens is 2. The third-order valence-electron chi connectivity index (χ3n) is 2.41. The number of imidazole rings is 1. The van der Waals surface area contributed by atoms with Crippen LogP contribution in [0.2, 0.25) is 0 Å². The van der Waals surface area contributed by atoms with Crippen LogP contribution in [-0.2, 0) is 6.54 Å². The molecule has 0 aliphatic heterocycles. The monoisotopic (exact) mass is 237 g/mol. The van der Waals surface area contributed by atoms with E-state index in [1.165, 1.54) is 0 Å². The van der Waals surface area contributed by atoms with Crippen LogP contribution in [0, 0.1) is 0 Å². The number of rotatable bonds is 4. The summed E-state index contributed by atoms with van der Waals surface area (Å²) in [5.74, 6) is 0.878. The van der Waals surface area contributed by atoms with Crippen LogP contribution in [0.25, 0.3) is 10.7 Å². The maximum absolute atomic E-state index is 9.95. The number of nitrogens with zero attached hydrogens (tertiary/aromatic N) is 2. The fourth-order valence-corrected chi connectivity index (χ4v) is 2.24. The summed E-state index contributed by atoms with van der Waals surface area (Å²) < 4.78 is 1.93. The molecule has 2 aromatic heterocycles. The smallest absolute Gasteiger partial charge is 0.150 e. The van der Waals surface area contributed by atoms with E-state index in [2.05, 4.69) is 4.98 Å². The van der Waals surface area contributed by atoms with Gasteiger partial charge < -0.3 is 15.4 Å².